The Balaban J connectivity index is 1.73. The Hall–Kier alpha value is -1.03. The Morgan fingerprint density at radius 1 is 1.30 bits per heavy atom. The van der Waals surface area contributed by atoms with Crippen LogP contribution in [0.5, 0.6) is 0 Å². The summed E-state index contributed by atoms with van der Waals surface area (Å²) in [5.41, 5.74) is 0. The van der Waals surface area contributed by atoms with E-state index < -0.39 is 10.0 Å². The topological polar surface area (TPSA) is 75.2 Å². The maximum Gasteiger partial charge on any atom is 0.243 e. The number of nitrogens with zero attached hydrogens (tertiary/aromatic N) is 3. The molecular weight excluding hydrogens is 400 g/mol. The number of aromatic nitrogens is 2. The average Bonchev–Trinajstić information content (AvgIpc) is 2.93. The van der Waals surface area contributed by atoms with Crippen LogP contribution in [0.4, 0.5) is 5.13 Å². The highest BCUT2D eigenvalue weighted by molar-refractivity contribution is 9.10. The predicted octanol–water partition coefficient (Wildman–Crippen LogP) is 2.87. The van der Waals surface area contributed by atoms with E-state index in [1.807, 2.05) is 6.92 Å². The van der Waals surface area contributed by atoms with Crippen molar-refractivity contribution in [2.24, 2.45) is 0 Å². The van der Waals surface area contributed by atoms with E-state index in [9.17, 15) is 8.42 Å². The maximum absolute atomic E-state index is 12.8. The lowest BCUT2D eigenvalue weighted by atomic mass is 10.1. The lowest BCUT2D eigenvalue weighted by Crippen LogP contribution is -2.45. The SMILES string of the molecule is Cc1nnc(NC2CCCN(S(=O)(=O)c3ccc(Br)cc3)C2)s1. The summed E-state index contributed by atoms with van der Waals surface area (Å²) in [5.74, 6) is 0. The van der Waals surface area contributed by atoms with Crippen molar-refractivity contribution in [1.29, 1.82) is 0 Å². The number of hydrogen-bond acceptors (Lipinski definition) is 6. The van der Waals surface area contributed by atoms with Gasteiger partial charge in [0, 0.05) is 23.6 Å². The summed E-state index contributed by atoms with van der Waals surface area (Å²) in [4.78, 5) is 0.327. The number of sulfonamides is 1. The zero-order valence-corrected chi connectivity index (χ0v) is 15.8. The van der Waals surface area contributed by atoms with Gasteiger partial charge < -0.3 is 5.32 Å². The molecule has 1 unspecified atom stereocenters. The first-order valence-corrected chi connectivity index (χ1v) is 10.3. The van der Waals surface area contributed by atoms with E-state index in [1.54, 1.807) is 28.6 Å². The van der Waals surface area contributed by atoms with Crippen LogP contribution in [-0.2, 0) is 10.0 Å². The van der Waals surface area contributed by atoms with Gasteiger partial charge in [0.25, 0.3) is 0 Å². The monoisotopic (exact) mass is 416 g/mol. The molecule has 9 heteroatoms. The molecule has 3 rings (SSSR count). The summed E-state index contributed by atoms with van der Waals surface area (Å²) in [7, 11) is -3.46. The first-order chi connectivity index (χ1) is 10.9. The quantitative estimate of drug-likeness (QED) is 0.828. The van der Waals surface area contributed by atoms with Crippen molar-refractivity contribution in [2.45, 2.75) is 30.7 Å². The smallest absolute Gasteiger partial charge is 0.243 e. The molecular formula is C14H17BrN4O2S2. The summed E-state index contributed by atoms with van der Waals surface area (Å²) in [5, 5.41) is 13.0. The van der Waals surface area contributed by atoms with Gasteiger partial charge in [-0.15, -0.1) is 10.2 Å². The van der Waals surface area contributed by atoms with E-state index in [0.29, 0.717) is 18.0 Å². The molecule has 2 aromatic rings. The van der Waals surface area contributed by atoms with Gasteiger partial charge in [-0.1, -0.05) is 27.3 Å². The minimum Gasteiger partial charge on any atom is -0.356 e. The minimum absolute atomic E-state index is 0.0568. The summed E-state index contributed by atoms with van der Waals surface area (Å²) < 4.78 is 27.9. The third-order valence-electron chi connectivity index (χ3n) is 3.69. The molecule has 23 heavy (non-hydrogen) atoms. The molecule has 0 saturated carbocycles. The fraction of sp³-hybridized carbons (Fsp3) is 0.429. The van der Waals surface area contributed by atoms with Gasteiger partial charge in [-0.2, -0.15) is 4.31 Å². The first-order valence-electron chi connectivity index (χ1n) is 7.27. The highest BCUT2D eigenvalue weighted by atomic mass is 79.9. The molecule has 1 atom stereocenters. The molecule has 1 aliphatic rings. The normalized spacial score (nSPS) is 19.7. The average molecular weight is 417 g/mol. The molecule has 1 fully saturated rings. The van der Waals surface area contributed by atoms with E-state index in [2.05, 4.69) is 31.4 Å². The molecule has 124 valence electrons. The second kappa shape index (κ2) is 6.84. The fourth-order valence-electron chi connectivity index (χ4n) is 2.56. The van der Waals surface area contributed by atoms with Crippen LogP contribution in [0.1, 0.15) is 17.8 Å². The van der Waals surface area contributed by atoms with Crippen LogP contribution < -0.4 is 5.32 Å². The van der Waals surface area contributed by atoms with E-state index in [0.717, 1.165) is 27.5 Å². The molecule has 2 heterocycles. The highest BCUT2D eigenvalue weighted by Gasteiger charge is 2.30. The second-order valence-electron chi connectivity index (χ2n) is 5.43. The Morgan fingerprint density at radius 3 is 2.70 bits per heavy atom. The van der Waals surface area contributed by atoms with Gasteiger partial charge in [0.1, 0.15) is 5.01 Å². The van der Waals surface area contributed by atoms with Crippen molar-refractivity contribution in [2.75, 3.05) is 18.4 Å². The summed E-state index contributed by atoms with van der Waals surface area (Å²) in [6.45, 7) is 2.89. The van der Waals surface area contributed by atoms with E-state index in [1.165, 1.54) is 11.3 Å². The van der Waals surface area contributed by atoms with Gasteiger partial charge >= 0.3 is 0 Å². The maximum atomic E-state index is 12.8. The Morgan fingerprint density at radius 2 is 2.04 bits per heavy atom. The van der Waals surface area contributed by atoms with Crippen LogP contribution in [0.15, 0.2) is 33.6 Å². The second-order valence-corrected chi connectivity index (χ2v) is 9.46. The van der Waals surface area contributed by atoms with Gasteiger partial charge in [0.15, 0.2) is 0 Å². The van der Waals surface area contributed by atoms with Crippen LogP contribution in [0, 0.1) is 6.92 Å². The predicted molar refractivity (Wildman–Crippen MR) is 94.2 cm³/mol. The van der Waals surface area contributed by atoms with Crippen molar-refractivity contribution in [3.8, 4) is 0 Å². The van der Waals surface area contributed by atoms with Crippen molar-refractivity contribution in [3.05, 3.63) is 33.7 Å². The molecule has 1 aliphatic heterocycles. The molecule has 0 aliphatic carbocycles. The number of rotatable bonds is 4. The van der Waals surface area contributed by atoms with Crippen molar-refractivity contribution in [1.82, 2.24) is 14.5 Å². The largest absolute Gasteiger partial charge is 0.356 e. The standard InChI is InChI=1S/C14H17BrN4O2S2/c1-10-17-18-14(22-10)16-12-3-2-8-19(9-12)23(20,21)13-6-4-11(15)5-7-13/h4-7,12H,2-3,8-9H2,1H3,(H,16,18). The number of nitrogens with one attached hydrogen (secondary N) is 1. The number of benzene rings is 1. The van der Waals surface area contributed by atoms with Crippen LogP contribution in [-0.4, -0.2) is 42.1 Å². The molecule has 6 nitrogen and oxygen atoms in total. The van der Waals surface area contributed by atoms with Gasteiger partial charge in [-0.3, -0.25) is 0 Å². The summed E-state index contributed by atoms with van der Waals surface area (Å²) in [6, 6.07) is 6.81. The van der Waals surface area contributed by atoms with E-state index >= 15 is 0 Å². The van der Waals surface area contributed by atoms with Crippen molar-refractivity contribution < 1.29 is 8.42 Å². The molecule has 0 amide bonds. The van der Waals surface area contributed by atoms with Gasteiger partial charge in [-0.25, -0.2) is 8.42 Å². The van der Waals surface area contributed by atoms with Crippen molar-refractivity contribution >= 4 is 42.4 Å². The number of anilines is 1. The lowest BCUT2D eigenvalue weighted by Gasteiger charge is -2.32. The molecule has 1 aromatic carbocycles. The van der Waals surface area contributed by atoms with Crippen LogP contribution >= 0.6 is 27.3 Å². The van der Waals surface area contributed by atoms with Crippen LogP contribution in [0.25, 0.3) is 0 Å². The number of piperidine rings is 1. The van der Waals surface area contributed by atoms with Gasteiger partial charge in [0.2, 0.25) is 15.2 Å². The first kappa shape index (κ1) is 16.8. The molecule has 1 aromatic heterocycles. The molecule has 0 radical (unpaired) electrons. The molecule has 0 spiro atoms. The van der Waals surface area contributed by atoms with Crippen molar-refractivity contribution in [3.63, 3.8) is 0 Å². The zero-order valence-electron chi connectivity index (χ0n) is 12.6. The van der Waals surface area contributed by atoms with Crippen LogP contribution in [0.2, 0.25) is 0 Å². The third kappa shape index (κ3) is 3.90. The van der Waals surface area contributed by atoms with Crippen LogP contribution in [0.3, 0.4) is 0 Å². The number of aryl methyl sites for hydroxylation is 1. The highest BCUT2D eigenvalue weighted by Crippen LogP contribution is 2.24. The molecule has 1 saturated heterocycles. The van der Waals surface area contributed by atoms with E-state index in [-0.39, 0.29) is 6.04 Å². The molecule has 1 N–H and O–H groups in total. The Labute approximate surface area is 148 Å². The minimum atomic E-state index is -3.46. The Bertz CT molecular complexity index is 776. The molecule has 0 bridgehead atoms. The summed E-state index contributed by atoms with van der Waals surface area (Å²) in [6.07, 6.45) is 1.75. The van der Waals surface area contributed by atoms with Gasteiger partial charge in [0.05, 0.1) is 4.90 Å². The third-order valence-corrected chi connectivity index (χ3v) is 6.87. The van der Waals surface area contributed by atoms with E-state index in [4.69, 9.17) is 0 Å². The fourth-order valence-corrected chi connectivity index (χ4v) is 5.02. The zero-order chi connectivity index (χ0) is 16.4. The lowest BCUT2D eigenvalue weighted by molar-refractivity contribution is 0.327. The Kier molecular flexibility index (Phi) is 5.00. The summed E-state index contributed by atoms with van der Waals surface area (Å²) >= 11 is 4.81. The number of halogens is 1. The van der Waals surface area contributed by atoms with Gasteiger partial charge in [-0.05, 0) is 44.0 Å². The number of hydrogen-bond donors (Lipinski definition) is 1.